The van der Waals surface area contributed by atoms with Crippen molar-refractivity contribution in [2.45, 2.75) is 32.7 Å². The number of nitrogens with one attached hydrogen (secondary N) is 1. The molecule has 17 heavy (non-hydrogen) atoms. The Morgan fingerprint density at radius 3 is 2.76 bits per heavy atom. The van der Waals surface area contributed by atoms with Crippen LogP contribution in [0.1, 0.15) is 37.6 Å². The van der Waals surface area contributed by atoms with Crippen LogP contribution in [0.5, 0.6) is 5.75 Å². The van der Waals surface area contributed by atoms with Crippen LogP contribution in [0.3, 0.4) is 0 Å². The topological polar surface area (TPSA) is 30.5 Å². The fourth-order valence-corrected chi connectivity index (χ4v) is 2.45. The molecule has 0 radical (unpaired) electrons. The van der Waals surface area contributed by atoms with E-state index in [1.165, 1.54) is 4.88 Å². The third kappa shape index (κ3) is 5.06. The van der Waals surface area contributed by atoms with Gasteiger partial charge in [0.15, 0.2) is 0 Å². The maximum Gasteiger partial charge on any atom is 0.129 e. The fourth-order valence-electron chi connectivity index (χ4n) is 1.53. The third-order valence-electron chi connectivity index (χ3n) is 2.45. The van der Waals surface area contributed by atoms with Gasteiger partial charge in [-0.15, -0.1) is 11.3 Å². The number of thiophene rings is 1. The summed E-state index contributed by atoms with van der Waals surface area (Å²) in [7, 11) is 1.70. The quantitative estimate of drug-likeness (QED) is 0.689. The lowest BCUT2D eigenvalue weighted by molar-refractivity contribution is 0.113. The molecule has 1 aromatic rings. The van der Waals surface area contributed by atoms with E-state index in [2.05, 4.69) is 25.2 Å². The Balaban J connectivity index is 2.54. The summed E-state index contributed by atoms with van der Waals surface area (Å²) >= 11 is 1.72. The van der Waals surface area contributed by atoms with Crippen LogP contribution in [0.25, 0.3) is 0 Å². The van der Waals surface area contributed by atoms with E-state index in [1.807, 2.05) is 5.38 Å². The second-order valence-electron chi connectivity index (χ2n) is 3.97. The Kier molecular flexibility index (Phi) is 7.24. The van der Waals surface area contributed by atoms with Crippen molar-refractivity contribution in [2.24, 2.45) is 0 Å². The second-order valence-corrected chi connectivity index (χ2v) is 4.91. The van der Waals surface area contributed by atoms with Gasteiger partial charge in [-0.3, -0.25) is 0 Å². The van der Waals surface area contributed by atoms with E-state index in [9.17, 15) is 0 Å². The smallest absolute Gasteiger partial charge is 0.129 e. The Morgan fingerprint density at radius 1 is 1.35 bits per heavy atom. The summed E-state index contributed by atoms with van der Waals surface area (Å²) in [5, 5.41) is 5.55. The number of rotatable bonds is 9. The van der Waals surface area contributed by atoms with Gasteiger partial charge in [-0.2, -0.15) is 0 Å². The van der Waals surface area contributed by atoms with Crippen molar-refractivity contribution < 1.29 is 9.47 Å². The lowest BCUT2D eigenvalue weighted by Crippen LogP contribution is -2.25. The van der Waals surface area contributed by atoms with Crippen LogP contribution < -0.4 is 10.1 Å². The van der Waals surface area contributed by atoms with Crippen LogP contribution in [0.2, 0.25) is 0 Å². The van der Waals surface area contributed by atoms with Crippen molar-refractivity contribution >= 4 is 11.3 Å². The number of ether oxygens (including phenoxy) is 2. The summed E-state index contributed by atoms with van der Waals surface area (Å²) in [6, 6.07) is 2.38. The van der Waals surface area contributed by atoms with E-state index >= 15 is 0 Å². The van der Waals surface area contributed by atoms with Gasteiger partial charge in [0.25, 0.3) is 0 Å². The van der Waals surface area contributed by atoms with Crippen LogP contribution in [0.4, 0.5) is 0 Å². The molecule has 0 saturated carbocycles. The molecule has 0 saturated heterocycles. The standard InChI is InChI=1S/C13H23NO2S/c1-4-6-14-12(9-16-7-5-2)13-8-11(15-3)10-17-13/h8,10,12,14H,4-7,9H2,1-3H3. The molecule has 0 spiro atoms. The molecule has 0 bridgehead atoms. The summed E-state index contributed by atoms with van der Waals surface area (Å²) in [5.41, 5.74) is 0. The van der Waals surface area contributed by atoms with Crippen LogP contribution in [0.15, 0.2) is 11.4 Å². The maximum absolute atomic E-state index is 5.64. The van der Waals surface area contributed by atoms with Crippen LogP contribution >= 0.6 is 11.3 Å². The Bertz CT molecular complexity index is 301. The summed E-state index contributed by atoms with van der Waals surface area (Å²) < 4.78 is 10.9. The zero-order valence-corrected chi connectivity index (χ0v) is 11.8. The molecule has 98 valence electrons. The Labute approximate surface area is 108 Å². The molecule has 0 amide bonds. The van der Waals surface area contributed by atoms with E-state index in [0.717, 1.165) is 38.3 Å². The van der Waals surface area contributed by atoms with Crippen molar-refractivity contribution in [3.8, 4) is 5.75 Å². The van der Waals surface area contributed by atoms with Gasteiger partial charge in [-0.25, -0.2) is 0 Å². The number of hydrogen-bond donors (Lipinski definition) is 1. The second kappa shape index (κ2) is 8.50. The molecule has 0 aliphatic rings. The van der Waals surface area contributed by atoms with E-state index < -0.39 is 0 Å². The average Bonchev–Trinajstić information content (AvgIpc) is 2.82. The molecule has 0 aliphatic carbocycles. The molecule has 1 heterocycles. The van der Waals surface area contributed by atoms with Gasteiger partial charge in [0.05, 0.1) is 19.8 Å². The molecule has 4 heteroatoms. The lowest BCUT2D eigenvalue weighted by Gasteiger charge is -2.17. The monoisotopic (exact) mass is 257 g/mol. The molecule has 3 nitrogen and oxygen atoms in total. The zero-order valence-electron chi connectivity index (χ0n) is 11.0. The van der Waals surface area contributed by atoms with E-state index in [1.54, 1.807) is 18.4 Å². The van der Waals surface area contributed by atoms with Crippen molar-refractivity contribution in [3.63, 3.8) is 0 Å². The minimum Gasteiger partial charge on any atom is -0.496 e. The lowest BCUT2D eigenvalue weighted by atomic mass is 10.2. The first-order valence-electron chi connectivity index (χ1n) is 6.25. The maximum atomic E-state index is 5.64. The molecular weight excluding hydrogens is 234 g/mol. The van der Waals surface area contributed by atoms with Crippen molar-refractivity contribution in [3.05, 3.63) is 16.3 Å². The van der Waals surface area contributed by atoms with Crippen LogP contribution in [-0.2, 0) is 4.74 Å². The first-order valence-corrected chi connectivity index (χ1v) is 7.13. The minimum atomic E-state index is 0.287. The van der Waals surface area contributed by atoms with E-state index in [4.69, 9.17) is 9.47 Å². The predicted octanol–water partition coefficient (Wildman–Crippen LogP) is 3.22. The zero-order chi connectivity index (χ0) is 12.5. The summed E-state index contributed by atoms with van der Waals surface area (Å²) in [5.74, 6) is 0.934. The van der Waals surface area contributed by atoms with Gasteiger partial charge < -0.3 is 14.8 Å². The molecular formula is C13H23NO2S. The van der Waals surface area contributed by atoms with Crippen LogP contribution in [-0.4, -0.2) is 26.9 Å². The molecule has 1 aromatic heterocycles. The minimum absolute atomic E-state index is 0.287. The third-order valence-corrected chi connectivity index (χ3v) is 3.47. The predicted molar refractivity (Wildman–Crippen MR) is 73.0 cm³/mol. The van der Waals surface area contributed by atoms with Gasteiger partial charge in [0.1, 0.15) is 5.75 Å². The largest absolute Gasteiger partial charge is 0.496 e. The Morgan fingerprint density at radius 2 is 2.18 bits per heavy atom. The van der Waals surface area contributed by atoms with Crippen LogP contribution in [0, 0.1) is 0 Å². The highest BCUT2D eigenvalue weighted by molar-refractivity contribution is 7.10. The van der Waals surface area contributed by atoms with Crippen molar-refractivity contribution in [1.29, 1.82) is 0 Å². The van der Waals surface area contributed by atoms with Crippen molar-refractivity contribution in [1.82, 2.24) is 5.32 Å². The highest BCUT2D eigenvalue weighted by Gasteiger charge is 2.13. The molecule has 1 atom stereocenters. The van der Waals surface area contributed by atoms with E-state index in [-0.39, 0.29) is 6.04 Å². The van der Waals surface area contributed by atoms with Crippen molar-refractivity contribution in [2.75, 3.05) is 26.9 Å². The number of methoxy groups -OCH3 is 1. The SMILES string of the molecule is CCCNC(COCCC)c1cc(OC)cs1. The molecule has 0 aliphatic heterocycles. The normalized spacial score (nSPS) is 12.6. The molecule has 1 N–H and O–H groups in total. The van der Waals surface area contributed by atoms with E-state index in [0.29, 0.717) is 0 Å². The number of hydrogen-bond acceptors (Lipinski definition) is 4. The highest BCUT2D eigenvalue weighted by atomic mass is 32.1. The molecule has 0 fully saturated rings. The summed E-state index contributed by atoms with van der Waals surface area (Å²) in [6.45, 7) is 6.87. The van der Waals surface area contributed by atoms with Gasteiger partial charge >= 0.3 is 0 Å². The molecule has 1 rings (SSSR count). The fraction of sp³-hybridized carbons (Fsp3) is 0.692. The average molecular weight is 257 g/mol. The Hall–Kier alpha value is -0.580. The van der Waals surface area contributed by atoms with Gasteiger partial charge in [0.2, 0.25) is 0 Å². The molecule has 0 aromatic carbocycles. The highest BCUT2D eigenvalue weighted by Crippen LogP contribution is 2.27. The first kappa shape index (κ1) is 14.5. The van der Waals surface area contributed by atoms with Gasteiger partial charge in [-0.05, 0) is 25.5 Å². The molecule has 1 unspecified atom stereocenters. The summed E-state index contributed by atoms with van der Waals surface area (Å²) in [6.07, 6.45) is 2.20. The van der Waals surface area contributed by atoms with Gasteiger partial charge in [-0.1, -0.05) is 13.8 Å². The van der Waals surface area contributed by atoms with Gasteiger partial charge in [0, 0.05) is 16.9 Å². The first-order chi connectivity index (χ1) is 8.31. The summed E-state index contributed by atoms with van der Waals surface area (Å²) in [4.78, 5) is 1.28.